The van der Waals surface area contributed by atoms with Gasteiger partial charge in [-0.25, -0.2) is 4.98 Å². The van der Waals surface area contributed by atoms with Crippen LogP contribution in [0.4, 0.5) is 0 Å². The van der Waals surface area contributed by atoms with E-state index in [1.165, 1.54) is 5.56 Å². The van der Waals surface area contributed by atoms with Gasteiger partial charge in [-0.2, -0.15) is 0 Å². The molecule has 1 heterocycles. The molecule has 3 nitrogen and oxygen atoms in total. The van der Waals surface area contributed by atoms with Crippen molar-refractivity contribution in [3.8, 4) is 0 Å². The first-order chi connectivity index (χ1) is 9.67. The van der Waals surface area contributed by atoms with Gasteiger partial charge >= 0.3 is 0 Å². The molecule has 0 bridgehead atoms. The van der Waals surface area contributed by atoms with Crippen LogP contribution < -0.4 is 5.73 Å². The van der Waals surface area contributed by atoms with Gasteiger partial charge in [-0.15, -0.1) is 0 Å². The van der Waals surface area contributed by atoms with Gasteiger partial charge in [-0.3, -0.25) is 0 Å². The number of hydrogen-bond acceptors (Lipinski definition) is 2. The van der Waals surface area contributed by atoms with Crippen LogP contribution in [0.1, 0.15) is 44.1 Å². The summed E-state index contributed by atoms with van der Waals surface area (Å²) in [6.45, 7) is 4.28. The predicted octanol–water partition coefficient (Wildman–Crippen LogP) is 3.82. The summed E-state index contributed by atoms with van der Waals surface area (Å²) in [4.78, 5) is 4.47. The van der Waals surface area contributed by atoms with Crippen molar-refractivity contribution in [2.75, 3.05) is 0 Å². The lowest BCUT2D eigenvalue weighted by atomic mass is 9.97. The van der Waals surface area contributed by atoms with Crippen molar-refractivity contribution in [2.45, 2.75) is 45.2 Å². The number of aromatic nitrogens is 2. The minimum Gasteiger partial charge on any atom is -0.326 e. The summed E-state index contributed by atoms with van der Waals surface area (Å²) in [5.74, 6) is 1.09. The molecule has 108 valence electrons. The Bertz CT molecular complexity index is 533. The number of hydrogen-bond donors (Lipinski definition) is 1. The van der Waals surface area contributed by atoms with Crippen LogP contribution in [0.25, 0.3) is 0 Å². The Labute approximate surface area is 125 Å². The van der Waals surface area contributed by atoms with Crippen molar-refractivity contribution in [3.63, 3.8) is 0 Å². The zero-order chi connectivity index (χ0) is 14.5. The lowest BCUT2D eigenvalue weighted by Crippen LogP contribution is -2.33. The van der Waals surface area contributed by atoms with E-state index >= 15 is 0 Å². The third-order valence-electron chi connectivity index (χ3n) is 3.61. The largest absolute Gasteiger partial charge is 0.326 e. The van der Waals surface area contributed by atoms with Crippen molar-refractivity contribution in [2.24, 2.45) is 5.73 Å². The molecule has 0 spiro atoms. The number of halogens is 1. The zero-order valence-corrected chi connectivity index (χ0v) is 12.8. The standard InChI is InChI=1S/C16H22ClN3/c1-3-5-15-19-10-11-20(15)16(14(18)4-2)12-6-8-13(17)9-7-12/h6-11,14,16H,3-5,18H2,1-2H3. The van der Waals surface area contributed by atoms with Gasteiger partial charge in [0.2, 0.25) is 0 Å². The van der Waals surface area contributed by atoms with Crippen LogP contribution in [-0.2, 0) is 6.42 Å². The number of rotatable bonds is 6. The highest BCUT2D eigenvalue weighted by Crippen LogP contribution is 2.26. The molecule has 2 aromatic rings. The highest BCUT2D eigenvalue weighted by molar-refractivity contribution is 6.30. The SMILES string of the molecule is CCCc1nccn1C(c1ccc(Cl)cc1)C(N)CC. The van der Waals surface area contributed by atoms with Gasteiger partial charge in [0, 0.05) is 29.9 Å². The summed E-state index contributed by atoms with van der Waals surface area (Å²) < 4.78 is 2.21. The Morgan fingerprint density at radius 1 is 1.25 bits per heavy atom. The van der Waals surface area contributed by atoms with Crippen LogP contribution in [0, 0.1) is 0 Å². The van der Waals surface area contributed by atoms with Crippen LogP contribution in [0.3, 0.4) is 0 Å². The van der Waals surface area contributed by atoms with E-state index in [0.717, 1.165) is 30.1 Å². The number of aryl methyl sites for hydroxylation is 1. The minimum atomic E-state index is 0.0565. The lowest BCUT2D eigenvalue weighted by molar-refractivity contribution is 0.445. The average molecular weight is 292 g/mol. The van der Waals surface area contributed by atoms with E-state index in [0.29, 0.717) is 0 Å². The van der Waals surface area contributed by atoms with Gasteiger partial charge in [-0.1, -0.05) is 37.6 Å². The smallest absolute Gasteiger partial charge is 0.109 e. The summed E-state index contributed by atoms with van der Waals surface area (Å²) in [6.07, 6.45) is 6.84. The Morgan fingerprint density at radius 2 is 1.95 bits per heavy atom. The molecule has 0 aliphatic carbocycles. The van der Waals surface area contributed by atoms with E-state index in [2.05, 4.69) is 35.5 Å². The molecule has 1 aromatic heterocycles. The highest BCUT2D eigenvalue weighted by atomic mass is 35.5. The molecule has 2 N–H and O–H groups in total. The Balaban J connectivity index is 2.41. The topological polar surface area (TPSA) is 43.8 Å². The van der Waals surface area contributed by atoms with Crippen LogP contribution in [0.2, 0.25) is 5.02 Å². The maximum absolute atomic E-state index is 6.36. The fourth-order valence-electron chi connectivity index (χ4n) is 2.51. The molecule has 0 saturated heterocycles. The summed E-state index contributed by atoms with van der Waals surface area (Å²) >= 11 is 5.99. The van der Waals surface area contributed by atoms with Gasteiger partial charge in [-0.05, 0) is 30.5 Å². The monoisotopic (exact) mass is 291 g/mol. The molecule has 4 heteroatoms. The van der Waals surface area contributed by atoms with E-state index in [9.17, 15) is 0 Å². The van der Waals surface area contributed by atoms with Crippen molar-refractivity contribution in [3.05, 3.63) is 53.1 Å². The first kappa shape index (κ1) is 15.1. The van der Waals surface area contributed by atoms with Gasteiger partial charge in [0.05, 0.1) is 6.04 Å². The molecule has 2 atom stereocenters. The second-order valence-corrected chi connectivity index (χ2v) is 5.51. The normalized spacial score (nSPS) is 14.2. The Morgan fingerprint density at radius 3 is 2.55 bits per heavy atom. The molecule has 0 aliphatic rings. The number of nitrogens with two attached hydrogens (primary N) is 1. The third kappa shape index (κ3) is 3.22. The van der Waals surface area contributed by atoms with Crippen LogP contribution in [0.5, 0.6) is 0 Å². The summed E-state index contributed by atoms with van der Waals surface area (Å²) in [5.41, 5.74) is 7.54. The predicted molar refractivity (Wildman–Crippen MR) is 84.1 cm³/mol. The molecule has 2 rings (SSSR count). The van der Waals surface area contributed by atoms with Crippen molar-refractivity contribution < 1.29 is 0 Å². The molecule has 0 saturated carbocycles. The van der Waals surface area contributed by atoms with Crippen LogP contribution in [-0.4, -0.2) is 15.6 Å². The molecule has 0 amide bonds. The molecule has 0 fully saturated rings. The quantitative estimate of drug-likeness (QED) is 0.879. The third-order valence-corrected chi connectivity index (χ3v) is 3.86. The van der Waals surface area contributed by atoms with Crippen molar-refractivity contribution >= 4 is 11.6 Å². The van der Waals surface area contributed by atoms with E-state index in [1.807, 2.05) is 24.5 Å². The second kappa shape index (κ2) is 6.91. The molecule has 0 radical (unpaired) electrons. The fraction of sp³-hybridized carbons (Fsp3) is 0.438. The first-order valence-corrected chi connectivity index (χ1v) is 7.57. The number of nitrogens with zero attached hydrogens (tertiary/aromatic N) is 2. The number of imidazole rings is 1. The van der Waals surface area contributed by atoms with E-state index in [1.54, 1.807) is 0 Å². The molecule has 0 aliphatic heterocycles. The van der Waals surface area contributed by atoms with Gasteiger partial charge in [0.1, 0.15) is 5.82 Å². The van der Waals surface area contributed by atoms with Gasteiger partial charge in [0.15, 0.2) is 0 Å². The summed E-state index contributed by atoms with van der Waals surface area (Å²) in [6, 6.07) is 8.12. The van der Waals surface area contributed by atoms with Gasteiger partial charge < -0.3 is 10.3 Å². The van der Waals surface area contributed by atoms with E-state index in [-0.39, 0.29) is 12.1 Å². The highest BCUT2D eigenvalue weighted by Gasteiger charge is 2.22. The number of benzene rings is 1. The van der Waals surface area contributed by atoms with E-state index < -0.39 is 0 Å². The maximum atomic E-state index is 6.36. The summed E-state index contributed by atoms with van der Waals surface area (Å²) in [7, 11) is 0. The van der Waals surface area contributed by atoms with Crippen LogP contribution in [0.15, 0.2) is 36.7 Å². The molecule has 20 heavy (non-hydrogen) atoms. The lowest BCUT2D eigenvalue weighted by Gasteiger charge is -2.26. The van der Waals surface area contributed by atoms with Crippen molar-refractivity contribution in [1.29, 1.82) is 0 Å². The molecular formula is C16H22ClN3. The Hall–Kier alpha value is -1.32. The van der Waals surface area contributed by atoms with E-state index in [4.69, 9.17) is 17.3 Å². The van der Waals surface area contributed by atoms with Crippen LogP contribution >= 0.6 is 11.6 Å². The first-order valence-electron chi connectivity index (χ1n) is 7.20. The average Bonchev–Trinajstić information content (AvgIpc) is 2.89. The molecule has 2 unspecified atom stereocenters. The van der Waals surface area contributed by atoms with Gasteiger partial charge in [0.25, 0.3) is 0 Å². The van der Waals surface area contributed by atoms with Crippen molar-refractivity contribution in [1.82, 2.24) is 9.55 Å². The molecule has 1 aromatic carbocycles. The zero-order valence-electron chi connectivity index (χ0n) is 12.1. The molecular weight excluding hydrogens is 270 g/mol. The minimum absolute atomic E-state index is 0.0565. The maximum Gasteiger partial charge on any atom is 0.109 e. The fourth-order valence-corrected chi connectivity index (χ4v) is 2.64. The summed E-state index contributed by atoms with van der Waals surface area (Å²) in [5, 5.41) is 0.747. The Kier molecular flexibility index (Phi) is 5.21. The second-order valence-electron chi connectivity index (χ2n) is 5.07.